The van der Waals surface area contributed by atoms with E-state index in [9.17, 15) is 0 Å². The zero-order chi connectivity index (χ0) is 23.2. The maximum absolute atomic E-state index is 2.47. The summed E-state index contributed by atoms with van der Waals surface area (Å²) in [5.41, 5.74) is 4.53. The van der Waals surface area contributed by atoms with Gasteiger partial charge in [0.25, 0.3) is 0 Å². The van der Waals surface area contributed by atoms with Crippen LogP contribution in [0, 0.1) is 0 Å². The molecule has 0 aromatic heterocycles. The van der Waals surface area contributed by atoms with E-state index in [-0.39, 0.29) is 16.2 Å². The molecule has 0 aliphatic heterocycles. The summed E-state index contributed by atoms with van der Waals surface area (Å²) in [6.07, 6.45) is 0. The van der Waals surface area contributed by atoms with Crippen molar-refractivity contribution in [3.8, 4) is 0 Å². The number of fused-ring (bicyclic) bond motifs is 2. The number of benzene rings is 5. The average molecular weight is 421 g/mol. The van der Waals surface area contributed by atoms with Gasteiger partial charge in [-0.1, -0.05) is 98.7 Å². The minimum Gasteiger partial charge on any atom is -0.0610 e. The van der Waals surface area contributed by atoms with Crippen molar-refractivity contribution in [3.05, 3.63) is 71.3 Å². The molecule has 0 N–H and O–H groups in total. The summed E-state index contributed by atoms with van der Waals surface area (Å²) >= 11 is 0. The van der Waals surface area contributed by atoms with Crippen LogP contribution in [-0.2, 0) is 16.2 Å². The Kier molecular flexibility index (Phi) is 4.30. The van der Waals surface area contributed by atoms with E-state index in [1.165, 1.54) is 59.8 Å². The molecule has 0 bridgehead atoms. The lowest BCUT2D eigenvalue weighted by Crippen LogP contribution is -2.13. The van der Waals surface area contributed by atoms with Gasteiger partial charge < -0.3 is 0 Å². The molecule has 0 radical (unpaired) electrons. The van der Waals surface area contributed by atoms with Crippen molar-refractivity contribution in [2.24, 2.45) is 0 Å². The molecule has 0 amide bonds. The molecule has 0 saturated heterocycles. The lowest BCUT2D eigenvalue weighted by Gasteiger charge is -2.26. The molecular weight excluding hydrogens is 384 g/mol. The van der Waals surface area contributed by atoms with Crippen LogP contribution in [0.1, 0.15) is 79.0 Å². The Balaban J connectivity index is 2.11. The molecular formula is C32H36. The third-order valence-electron chi connectivity index (χ3n) is 7.20. The fourth-order valence-corrected chi connectivity index (χ4v) is 5.10. The predicted molar refractivity (Wildman–Crippen MR) is 144 cm³/mol. The molecule has 5 rings (SSSR count). The van der Waals surface area contributed by atoms with Gasteiger partial charge in [-0.05, 0) is 94.2 Å². The Morgan fingerprint density at radius 3 is 1.22 bits per heavy atom. The topological polar surface area (TPSA) is 0 Å². The maximum atomic E-state index is 2.47. The van der Waals surface area contributed by atoms with Gasteiger partial charge in [0, 0.05) is 0 Å². The van der Waals surface area contributed by atoms with Crippen LogP contribution < -0.4 is 0 Å². The van der Waals surface area contributed by atoms with Gasteiger partial charge in [-0.25, -0.2) is 0 Å². The second kappa shape index (κ2) is 6.47. The van der Waals surface area contributed by atoms with Crippen molar-refractivity contribution in [2.75, 3.05) is 0 Å². The summed E-state index contributed by atoms with van der Waals surface area (Å²) in [6, 6.07) is 21.5. The van der Waals surface area contributed by atoms with Crippen molar-refractivity contribution in [3.63, 3.8) is 0 Å². The van der Waals surface area contributed by atoms with Gasteiger partial charge in [-0.15, -0.1) is 0 Å². The highest BCUT2D eigenvalue weighted by atomic mass is 14.3. The van der Waals surface area contributed by atoms with Crippen molar-refractivity contribution >= 4 is 43.1 Å². The van der Waals surface area contributed by atoms with Gasteiger partial charge in [0.15, 0.2) is 0 Å². The lowest BCUT2D eigenvalue weighted by atomic mass is 9.78. The SMILES string of the molecule is CC(C)(C)c1cc2cccc3c4cc(C(C)(C)C)cc5cc(C(C)(C)C)cc(c(c1)c23)c54. The van der Waals surface area contributed by atoms with Crippen LogP contribution in [0.15, 0.2) is 54.6 Å². The van der Waals surface area contributed by atoms with E-state index in [0.717, 1.165) is 0 Å². The normalized spacial score (nSPS) is 13.8. The zero-order valence-electron chi connectivity index (χ0n) is 21.2. The standard InChI is InChI=1S/C32H36/c1-30(2,3)21-13-19-11-10-12-24-25-16-22(31(4,5)6)14-20-15-23(32(7,8)9)18-27(29(20)25)26(17-21)28(19)24/h10-18H,1-9H3. The number of rotatable bonds is 0. The Morgan fingerprint density at radius 2 is 0.781 bits per heavy atom. The molecule has 0 saturated carbocycles. The van der Waals surface area contributed by atoms with Crippen LogP contribution in [0.5, 0.6) is 0 Å². The summed E-state index contributed by atoms with van der Waals surface area (Å²) in [4.78, 5) is 0. The van der Waals surface area contributed by atoms with Gasteiger partial charge in [-0.2, -0.15) is 0 Å². The van der Waals surface area contributed by atoms with E-state index >= 15 is 0 Å². The van der Waals surface area contributed by atoms with E-state index < -0.39 is 0 Å². The molecule has 0 nitrogen and oxygen atoms in total. The Morgan fingerprint density at radius 1 is 0.406 bits per heavy atom. The molecule has 164 valence electrons. The van der Waals surface area contributed by atoms with Gasteiger partial charge >= 0.3 is 0 Å². The fraction of sp³-hybridized carbons (Fsp3) is 0.375. The molecule has 32 heavy (non-hydrogen) atoms. The molecule has 0 spiro atoms. The first-order valence-electron chi connectivity index (χ1n) is 12.0. The van der Waals surface area contributed by atoms with E-state index in [1.807, 2.05) is 0 Å². The maximum Gasteiger partial charge on any atom is -0.00260 e. The van der Waals surface area contributed by atoms with E-state index in [2.05, 4.69) is 117 Å². The highest BCUT2D eigenvalue weighted by Gasteiger charge is 2.23. The van der Waals surface area contributed by atoms with Gasteiger partial charge in [0.05, 0.1) is 0 Å². The predicted octanol–water partition coefficient (Wildman–Crippen LogP) is 9.63. The molecule has 0 aliphatic rings. The van der Waals surface area contributed by atoms with Gasteiger partial charge in [0.1, 0.15) is 0 Å². The summed E-state index contributed by atoms with van der Waals surface area (Å²) in [6.45, 7) is 20.9. The van der Waals surface area contributed by atoms with Gasteiger partial charge in [-0.3, -0.25) is 0 Å². The molecule has 0 fully saturated rings. The number of hydrogen-bond acceptors (Lipinski definition) is 0. The first kappa shape index (κ1) is 21.3. The van der Waals surface area contributed by atoms with Crippen LogP contribution in [0.4, 0.5) is 0 Å². The Hall–Kier alpha value is -2.60. The second-order valence-corrected chi connectivity index (χ2v) is 12.8. The minimum atomic E-state index is 0.0975. The largest absolute Gasteiger partial charge is 0.0610 e. The molecule has 0 heterocycles. The summed E-state index contributed by atoms with van der Waals surface area (Å²) < 4.78 is 0. The highest BCUT2D eigenvalue weighted by molar-refractivity contribution is 6.33. The quantitative estimate of drug-likeness (QED) is 0.173. The van der Waals surface area contributed by atoms with E-state index in [1.54, 1.807) is 0 Å². The van der Waals surface area contributed by atoms with Crippen LogP contribution >= 0.6 is 0 Å². The summed E-state index contributed by atoms with van der Waals surface area (Å²) in [5.74, 6) is 0. The monoisotopic (exact) mass is 420 g/mol. The third kappa shape index (κ3) is 3.19. The molecule has 5 aromatic carbocycles. The van der Waals surface area contributed by atoms with Crippen molar-refractivity contribution in [1.29, 1.82) is 0 Å². The molecule has 0 heteroatoms. The van der Waals surface area contributed by atoms with Crippen LogP contribution in [0.25, 0.3) is 43.1 Å². The van der Waals surface area contributed by atoms with Crippen molar-refractivity contribution in [1.82, 2.24) is 0 Å². The van der Waals surface area contributed by atoms with Gasteiger partial charge in [0.2, 0.25) is 0 Å². The average Bonchev–Trinajstić information content (AvgIpc) is 2.68. The molecule has 0 aliphatic carbocycles. The fourth-order valence-electron chi connectivity index (χ4n) is 5.10. The zero-order valence-corrected chi connectivity index (χ0v) is 21.2. The van der Waals surface area contributed by atoms with E-state index in [4.69, 9.17) is 0 Å². The molecule has 5 aromatic rings. The van der Waals surface area contributed by atoms with Crippen LogP contribution in [0.2, 0.25) is 0 Å². The molecule has 0 unspecified atom stereocenters. The first-order chi connectivity index (χ1) is 14.7. The third-order valence-corrected chi connectivity index (χ3v) is 7.20. The van der Waals surface area contributed by atoms with Crippen LogP contribution in [-0.4, -0.2) is 0 Å². The highest BCUT2D eigenvalue weighted by Crippen LogP contribution is 2.45. The minimum absolute atomic E-state index is 0.0975. The Bertz CT molecular complexity index is 1490. The first-order valence-corrected chi connectivity index (χ1v) is 12.0. The summed E-state index contributed by atoms with van der Waals surface area (Å²) in [5, 5.41) is 11.1. The van der Waals surface area contributed by atoms with Crippen molar-refractivity contribution in [2.45, 2.75) is 78.6 Å². The lowest BCUT2D eigenvalue weighted by molar-refractivity contribution is 0.590. The Labute approximate surface area is 193 Å². The smallest absolute Gasteiger partial charge is 0.00260 e. The van der Waals surface area contributed by atoms with Crippen molar-refractivity contribution < 1.29 is 0 Å². The number of hydrogen-bond donors (Lipinski definition) is 0. The summed E-state index contributed by atoms with van der Waals surface area (Å²) in [7, 11) is 0. The molecule has 0 atom stereocenters. The van der Waals surface area contributed by atoms with E-state index in [0.29, 0.717) is 0 Å². The second-order valence-electron chi connectivity index (χ2n) is 12.8. The van der Waals surface area contributed by atoms with Crippen LogP contribution in [0.3, 0.4) is 0 Å².